The number of rotatable bonds is 40. The van der Waals surface area contributed by atoms with Gasteiger partial charge in [0.1, 0.15) is 13.2 Å². The van der Waals surface area contributed by atoms with Crippen molar-refractivity contribution in [1.29, 1.82) is 0 Å². The largest absolute Gasteiger partial charge is 0.462 e. The van der Waals surface area contributed by atoms with Crippen LogP contribution in [0.25, 0.3) is 0 Å². The van der Waals surface area contributed by atoms with Crippen LogP contribution in [0.2, 0.25) is 0 Å². The lowest BCUT2D eigenvalue weighted by Crippen LogP contribution is -2.30. The smallest absolute Gasteiger partial charge is 0.306 e. The molecule has 0 saturated carbocycles. The Kier molecular flexibility index (Phi) is 43.1. The van der Waals surface area contributed by atoms with E-state index in [0.29, 0.717) is 19.3 Å². The molecule has 0 aromatic carbocycles. The number of hydrogen-bond donors (Lipinski definition) is 0. The van der Waals surface area contributed by atoms with Gasteiger partial charge in [-0.3, -0.25) is 14.4 Å². The number of carbonyl (C=O) groups is 3. The molecule has 0 aromatic rings. The van der Waals surface area contributed by atoms with Crippen molar-refractivity contribution < 1.29 is 28.6 Å². The normalized spacial score (nSPS) is 12.9. The molecule has 0 bridgehead atoms. The van der Waals surface area contributed by atoms with Gasteiger partial charge >= 0.3 is 17.9 Å². The Hall–Kier alpha value is -3.67. The molecule has 0 N–H and O–H groups in total. The quantitative estimate of drug-likeness (QED) is 0.0266. The Bertz CT molecular complexity index is 1200. The summed E-state index contributed by atoms with van der Waals surface area (Å²) in [5.41, 5.74) is 0. The van der Waals surface area contributed by atoms with Crippen LogP contribution in [0.1, 0.15) is 194 Å². The third-order valence-electron chi connectivity index (χ3n) is 9.33. The van der Waals surface area contributed by atoms with E-state index < -0.39 is 6.10 Å². The van der Waals surface area contributed by atoms with Crippen LogP contribution in [0.15, 0.2) is 97.2 Å². The van der Waals surface area contributed by atoms with Gasteiger partial charge in [-0.05, 0) is 96.3 Å². The van der Waals surface area contributed by atoms with E-state index in [1.165, 1.54) is 32.1 Å². The molecule has 0 spiro atoms. The number of hydrogen-bond acceptors (Lipinski definition) is 6. The van der Waals surface area contributed by atoms with Gasteiger partial charge in [0.2, 0.25) is 0 Å². The van der Waals surface area contributed by atoms with Gasteiger partial charge in [0.05, 0.1) is 0 Å². The highest BCUT2D eigenvalue weighted by atomic mass is 16.6. The van der Waals surface area contributed by atoms with E-state index in [1.807, 2.05) is 0 Å². The van der Waals surface area contributed by atoms with Gasteiger partial charge in [-0.25, -0.2) is 0 Å². The van der Waals surface area contributed by atoms with Gasteiger partial charge in [0.25, 0.3) is 0 Å². The lowest BCUT2D eigenvalue weighted by atomic mass is 10.1. The number of unbranched alkanes of at least 4 members (excludes halogenated alkanes) is 13. The molecule has 0 aliphatic heterocycles. The fourth-order valence-electron chi connectivity index (χ4n) is 5.89. The molecule has 0 radical (unpaired) electrons. The van der Waals surface area contributed by atoms with Gasteiger partial charge in [0, 0.05) is 19.3 Å². The molecule has 1 atom stereocenters. The highest BCUT2D eigenvalue weighted by Crippen LogP contribution is 2.12. The van der Waals surface area contributed by atoms with E-state index in [-0.39, 0.29) is 37.5 Å². The fraction of sp³-hybridized carbons (Fsp3) is 0.635. The Morgan fingerprint density at radius 3 is 1.09 bits per heavy atom. The number of carbonyl (C=O) groups excluding carboxylic acids is 3. The van der Waals surface area contributed by atoms with E-state index in [0.717, 1.165) is 116 Å². The number of allylic oxidation sites excluding steroid dienone is 16. The van der Waals surface area contributed by atoms with E-state index in [9.17, 15) is 14.4 Å². The number of esters is 3. The maximum absolute atomic E-state index is 12.7. The fourth-order valence-corrected chi connectivity index (χ4v) is 5.89. The van der Waals surface area contributed by atoms with Crippen molar-refractivity contribution in [3.8, 4) is 0 Å². The summed E-state index contributed by atoms with van der Waals surface area (Å²) >= 11 is 0. The zero-order chi connectivity index (χ0) is 42.3. The maximum Gasteiger partial charge on any atom is 0.306 e. The first-order chi connectivity index (χ1) is 28.5. The topological polar surface area (TPSA) is 78.9 Å². The van der Waals surface area contributed by atoms with Crippen LogP contribution >= 0.6 is 0 Å². The van der Waals surface area contributed by atoms with Crippen LogP contribution in [0, 0.1) is 0 Å². The predicted molar refractivity (Wildman–Crippen MR) is 247 cm³/mol. The summed E-state index contributed by atoms with van der Waals surface area (Å²) < 4.78 is 16.6. The lowest BCUT2D eigenvalue weighted by molar-refractivity contribution is -0.167. The summed E-state index contributed by atoms with van der Waals surface area (Å²) in [7, 11) is 0. The zero-order valence-corrected chi connectivity index (χ0v) is 37.3. The van der Waals surface area contributed by atoms with Crippen molar-refractivity contribution in [2.24, 2.45) is 0 Å². The summed E-state index contributed by atoms with van der Waals surface area (Å²) in [6.07, 6.45) is 59.7. The molecule has 0 heterocycles. The third-order valence-corrected chi connectivity index (χ3v) is 9.33. The average molecular weight is 805 g/mol. The average Bonchev–Trinajstić information content (AvgIpc) is 3.22. The first-order valence-electron chi connectivity index (χ1n) is 23.2. The summed E-state index contributed by atoms with van der Waals surface area (Å²) in [5.74, 6) is -0.983. The Morgan fingerprint density at radius 1 is 0.362 bits per heavy atom. The minimum absolute atomic E-state index is 0.103. The number of ether oxygens (including phenoxy) is 3. The predicted octanol–water partition coefficient (Wildman–Crippen LogP) is 15.0. The molecule has 1 unspecified atom stereocenters. The molecule has 0 aliphatic rings. The molecule has 0 saturated heterocycles. The first kappa shape index (κ1) is 54.3. The van der Waals surface area contributed by atoms with Gasteiger partial charge in [-0.15, -0.1) is 0 Å². The molecule has 6 heteroatoms. The van der Waals surface area contributed by atoms with Crippen LogP contribution in [0.5, 0.6) is 0 Å². The minimum Gasteiger partial charge on any atom is -0.462 e. The van der Waals surface area contributed by atoms with E-state index in [4.69, 9.17) is 14.2 Å². The highest BCUT2D eigenvalue weighted by molar-refractivity contribution is 5.71. The van der Waals surface area contributed by atoms with Crippen molar-refractivity contribution in [2.75, 3.05) is 13.2 Å². The summed E-state index contributed by atoms with van der Waals surface area (Å²) in [6.45, 7) is 6.30. The van der Waals surface area contributed by atoms with Crippen LogP contribution < -0.4 is 0 Å². The molecule has 0 fully saturated rings. The van der Waals surface area contributed by atoms with Crippen LogP contribution in [-0.4, -0.2) is 37.2 Å². The molecule has 0 aromatic heterocycles. The summed E-state index contributed by atoms with van der Waals surface area (Å²) in [6, 6.07) is 0. The third kappa shape index (κ3) is 43.5. The molecular formula is C52H84O6. The van der Waals surface area contributed by atoms with Crippen molar-refractivity contribution in [1.82, 2.24) is 0 Å². The van der Waals surface area contributed by atoms with Crippen molar-refractivity contribution >= 4 is 17.9 Å². The van der Waals surface area contributed by atoms with Gasteiger partial charge in [-0.2, -0.15) is 0 Å². The standard InChI is InChI=1S/C52H84O6/c1-4-7-10-13-16-19-21-23-25-26-28-29-31-33-36-39-42-45-51(54)57-48-49(47-56-50(53)44-41-38-35-18-15-12-9-6-3)58-52(55)46-43-40-37-34-32-30-27-24-22-20-17-14-11-8-5-2/h7-8,10-11,16-17,19-20,23-25,27-29,32,34,49H,4-6,9,12-15,18,21-22,26,30-31,33,35-48H2,1-3H3/b10-7-,11-8-,19-16-,20-17-,25-23-,27-24-,29-28-,34-32-. The highest BCUT2D eigenvalue weighted by Gasteiger charge is 2.19. The first-order valence-corrected chi connectivity index (χ1v) is 23.2. The Balaban J connectivity index is 4.46. The van der Waals surface area contributed by atoms with E-state index in [1.54, 1.807) is 0 Å². The van der Waals surface area contributed by atoms with Crippen molar-refractivity contribution in [3.63, 3.8) is 0 Å². The summed E-state index contributed by atoms with van der Waals surface area (Å²) in [5, 5.41) is 0. The van der Waals surface area contributed by atoms with Crippen LogP contribution in [-0.2, 0) is 28.6 Å². The summed E-state index contributed by atoms with van der Waals surface area (Å²) in [4.78, 5) is 37.7. The molecule has 0 amide bonds. The molecule has 0 aliphatic carbocycles. The van der Waals surface area contributed by atoms with Crippen LogP contribution in [0.4, 0.5) is 0 Å². The van der Waals surface area contributed by atoms with Crippen LogP contribution in [0.3, 0.4) is 0 Å². The molecule has 6 nitrogen and oxygen atoms in total. The molecule has 0 rings (SSSR count). The second kappa shape index (κ2) is 46.0. The Morgan fingerprint density at radius 2 is 0.672 bits per heavy atom. The maximum atomic E-state index is 12.7. The monoisotopic (exact) mass is 805 g/mol. The van der Waals surface area contributed by atoms with Crippen molar-refractivity contribution in [2.45, 2.75) is 200 Å². The van der Waals surface area contributed by atoms with Gasteiger partial charge in [0.15, 0.2) is 6.10 Å². The zero-order valence-electron chi connectivity index (χ0n) is 37.3. The second-order valence-electron chi connectivity index (χ2n) is 14.9. The lowest BCUT2D eigenvalue weighted by Gasteiger charge is -2.18. The van der Waals surface area contributed by atoms with Crippen molar-refractivity contribution in [3.05, 3.63) is 97.2 Å². The van der Waals surface area contributed by atoms with Gasteiger partial charge in [-0.1, -0.05) is 176 Å². The second-order valence-corrected chi connectivity index (χ2v) is 14.9. The van der Waals surface area contributed by atoms with E-state index >= 15 is 0 Å². The van der Waals surface area contributed by atoms with E-state index in [2.05, 4.69) is 118 Å². The minimum atomic E-state index is -0.806. The Labute approximate surface area is 356 Å². The van der Waals surface area contributed by atoms with Gasteiger partial charge < -0.3 is 14.2 Å². The molecular weight excluding hydrogens is 721 g/mol. The molecule has 328 valence electrons. The SMILES string of the molecule is CC/C=C\C/C=C\C/C=C\C/C=C\CCCCCCC(=O)OCC(COC(=O)CCCCCCCCCC)OC(=O)CCCC/C=C\C/C=C\C/C=C\C/C=C\CC. The molecule has 58 heavy (non-hydrogen) atoms.